The van der Waals surface area contributed by atoms with E-state index in [0.29, 0.717) is 17.6 Å². The number of nitrogens with zero attached hydrogens (tertiary/aromatic N) is 4. The molecule has 10 aromatic rings. The van der Waals surface area contributed by atoms with Crippen LogP contribution in [-0.4, -0.2) is 19.5 Å². The van der Waals surface area contributed by atoms with Gasteiger partial charge in [-0.25, -0.2) is 4.98 Å². The number of para-hydroxylation sites is 1. The molecule has 0 spiro atoms. The molecule has 0 N–H and O–H groups in total. The maximum Gasteiger partial charge on any atom is 0.238 e. The first kappa shape index (κ1) is 25.4. The lowest BCUT2D eigenvalue weighted by Gasteiger charge is -2.13. The van der Waals surface area contributed by atoms with E-state index in [9.17, 15) is 0 Å². The first-order valence-electron chi connectivity index (χ1n) is 15.4. The second kappa shape index (κ2) is 9.80. The van der Waals surface area contributed by atoms with Crippen LogP contribution in [0.2, 0.25) is 0 Å². The second-order valence-corrected chi connectivity index (χ2v) is 12.7. The molecule has 5 heteroatoms. The first-order valence-corrected chi connectivity index (χ1v) is 16.2. The fraction of sp³-hybridized carbons (Fsp3) is 0. The van der Waals surface area contributed by atoms with Gasteiger partial charge in [0.05, 0.1) is 11.0 Å². The normalized spacial score (nSPS) is 11.9. The Morgan fingerprint density at radius 1 is 0.435 bits per heavy atom. The standard InChI is InChI=1S/C41H24N4S/c1-3-14-26(15-4-1)39-42-40(27-16-5-2-6-17-27)44-41(43-39)45-32-21-11-9-19-29(32)36-37(45)31-24-23-25-13-7-8-18-28(25)34(31)35-30-20-10-12-22-33(30)46-38(35)36/h1-24H. The van der Waals surface area contributed by atoms with Gasteiger partial charge in [0.25, 0.3) is 0 Å². The molecule has 0 radical (unpaired) electrons. The van der Waals surface area contributed by atoms with Crippen LogP contribution in [0, 0.1) is 0 Å². The zero-order valence-electron chi connectivity index (χ0n) is 24.6. The monoisotopic (exact) mass is 604 g/mol. The number of rotatable bonds is 3. The lowest BCUT2D eigenvalue weighted by Crippen LogP contribution is -2.06. The molecule has 46 heavy (non-hydrogen) atoms. The minimum absolute atomic E-state index is 0.605. The van der Waals surface area contributed by atoms with Crippen LogP contribution in [-0.2, 0) is 0 Å². The van der Waals surface area contributed by atoms with E-state index < -0.39 is 0 Å². The Morgan fingerprint density at radius 3 is 1.78 bits per heavy atom. The highest BCUT2D eigenvalue weighted by molar-refractivity contribution is 7.27. The summed E-state index contributed by atoms with van der Waals surface area (Å²) >= 11 is 1.87. The Labute approximate surface area is 267 Å². The Morgan fingerprint density at radius 2 is 1.04 bits per heavy atom. The quantitative estimate of drug-likeness (QED) is 0.188. The number of thiophene rings is 1. The van der Waals surface area contributed by atoms with Gasteiger partial charge < -0.3 is 0 Å². The lowest BCUT2D eigenvalue weighted by atomic mass is 9.95. The minimum Gasteiger partial charge on any atom is -0.277 e. The molecule has 0 fully saturated rings. The van der Waals surface area contributed by atoms with Gasteiger partial charge in [-0.2, -0.15) is 9.97 Å². The third-order valence-corrected chi connectivity index (χ3v) is 10.2. The van der Waals surface area contributed by atoms with Crippen molar-refractivity contribution in [3.8, 4) is 28.7 Å². The van der Waals surface area contributed by atoms with Crippen molar-refractivity contribution in [2.75, 3.05) is 0 Å². The van der Waals surface area contributed by atoms with Crippen molar-refractivity contribution in [2.24, 2.45) is 0 Å². The Balaban J connectivity index is 1.44. The highest BCUT2D eigenvalue weighted by Crippen LogP contribution is 2.49. The van der Waals surface area contributed by atoms with Crippen LogP contribution < -0.4 is 0 Å². The summed E-state index contributed by atoms with van der Waals surface area (Å²) in [5.74, 6) is 1.90. The summed E-state index contributed by atoms with van der Waals surface area (Å²) in [6, 6.07) is 51.1. The van der Waals surface area contributed by atoms with Gasteiger partial charge in [-0.1, -0.05) is 133 Å². The molecule has 0 atom stereocenters. The fourth-order valence-corrected chi connectivity index (χ4v) is 8.31. The van der Waals surface area contributed by atoms with Crippen molar-refractivity contribution >= 4 is 74.9 Å². The zero-order chi connectivity index (χ0) is 30.2. The summed E-state index contributed by atoms with van der Waals surface area (Å²) in [7, 11) is 0. The molecule has 0 aliphatic carbocycles. The predicted molar refractivity (Wildman–Crippen MR) is 193 cm³/mol. The van der Waals surface area contributed by atoms with Crippen LogP contribution >= 0.6 is 11.3 Å². The van der Waals surface area contributed by atoms with Crippen LogP contribution in [0.4, 0.5) is 0 Å². The number of aromatic nitrogens is 4. The first-order chi connectivity index (χ1) is 22.8. The summed E-state index contributed by atoms with van der Waals surface area (Å²) in [5.41, 5.74) is 4.09. The topological polar surface area (TPSA) is 43.6 Å². The van der Waals surface area contributed by atoms with Crippen molar-refractivity contribution in [1.82, 2.24) is 19.5 Å². The summed E-state index contributed by atoms with van der Waals surface area (Å²) in [6.07, 6.45) is 0. The molecule has 4 nitrogen and oxygen atoms in total. The summed E-state index contributed by atoms with van der Waals surface area (Å²) in [5, 5.41) is 9.95. The smallest absolute Gasteiger partial charge is 0.238 e. The van der Waals surface area contributed by atoms with E-state index in [4.69, 9.17) is 15.0 Å². The average molecular weight is 605 g/mol. The van der Waals surface area contributed by atoms with Gasteiger partial charge in [-0.3, -0.25) is 4.57 Å². The van der Waals surface area contributed by atoms with Crippen molar-refractivity contribution in [3.63, 3.8) is 0 Å². The number of fused-ring (bicyclic) bond motifs is 12. The van der Waals surface area contributed by atoms with Gasteiger partial charge in [0.1, 0.15) is 0 Å². The van der Waals surface area contributed by atoms with Crippen molar-refractivity contribution in [1.29, 1.82) is 0 Å². The molecule has 0 saturated heterocycles. The summed E-state index contributed by atoms with van der Waals surface area (Å²) < 4.78 is 4.84. The van der Waals surface area contributed by atoms with Gasteiger partial charge in [0.2, 0.25) is 5.95 Å². The zero-order valence-corrected chi connectivity index (χ0v) is 25.4. The van der Waals surface area contributed by atoms with Gasteiger partial charge in [-0.05, 0) is 22.9 Å². The van der Waals surface area contributed by atoms with E-state index in [1.165, 1.54) is 52.5 Å². The third-order valence-electron chi connectivity index (χ3n) is 9.02. The van der Waals surface area contributed by atoms with E-state index in [1.807, 2.05) is 47.7 Å². The molecule has 0 aliphatic heterocycles. The molecule has 0 aliphatic rings. The highest BCUT2D eigenvalue weighted by Gasteiger charge is 2.24. The van der Waals surface area contributed by atoms with Crippen LogP contribution in [0.3, 0.4) is 0 Å². The van der Waals surface area contributed by atoms with Gasteiger partial charge in [0.15, 0.2) is 11.6 Å². The van der Waals surface area contributed by atoms with Gasteiger partial charge in [0, 0.05) is 52.8 Å². The van der Waals surface area contributed by atoms with Crippen LogP contribution in [0.5, 0.6) is 0 Å². The number of benzene rings is 7. The Bertz CT molecular complexity index is 2740. The fourth-order valence-electron chi connectivity index (χ4n) is 7.04. The molecule has 10 rings (SSSR count). The largest absolute Gasteiger partial charge is 0.277 e. The van der Waals surface area contributed by atoms with Crippen molar-refractivity contribution in [2.45, 2.75) is 0 Å². The SMILES string of the molecule is c1ccc(-c2nc(-c3ccccc3)nc(-n3c4ccccc4c4c5sc6ccccc6c5c5c6ccccc6ccc5c43)n2)cc1. The van der Waals surface area contributed by atoms with Crippen LogP contribution in [0.1, 0.15) is 0 Å². The van der Waals surface area contributed by atoms with Gasteiger partial charge >= 0.3 is 0 Å². The molecule has 0 unspecified atom stereocenters. The molecule has 3 heterocycles. The molecule has 7 aromatic carbocycles. The molecular weight excluding hydrogens is 581 g/mol. The second-order valence-electron chi connectivity index (χ2n) is 11.6. The molecule has 214 valence electrons. The maximum absolute atomic E-state index is 5.21. The van der Waals surface area contributed by atoms with E-state index in [-0.39, 0.29) is 0 Å². The third kappa shape index (κ3) is 3.63. The van der Waals surface area contributed by atoms with Gasteiger partial charge in [-0.15, -0.1) is 11.3 Å². The van der Waals surface area contributed by atoms with Crippen molar-refractivity contribution < 1.29 is 0 Å². The molecule has 0 bridgehead atoms. The van der Waals surface area contributed by atoms with Crippen LogP contribution in [0.25, 0.3) is 92.2 Å². The number of hydrogen-bond acceptors (Lipinski definition) is 4. The summed E-state index contributed by atoms with van der Waals surface area (Å²) in [4.78, 5) is 15.4. The maximum atomic E-state index is 5.21. The highest BCUT2D eigenvalue weighted by atomic mass is 32.1. The molecular formula is C41H24N4S. The Hall–Kier alpha value is -5.91. The number of hydrogen-bond donors (Lipinski definition) is 0. The predicted octanol–water partition coefficient (Wildman–Crippen LogP) is 11.0. The minimum atomic E-state index is 0.605. The molecule has 0 amide bonds. The summed E-state index contributed by atoms with van der Waals surface area (Å²) in [6.45, 7) is 0. The molecule has 0 saturated carbocycles. The lowest BCUT2D eigenvalue weighted by molar-refractivity contribution is 0.955. The average Bonchev–Trinajstić information content (AvgIpc) is 3.69. The van der Waals surface area contributed by atoms with E-state index in [1.54, 1.807) is 0 Å². The van der Waals surface area contributed by atoms with Crippen LogP contribution in [0.15, 0.2) is 146 Å². The van der Waals surface area contributed by atoms with E-state index >= 15 is 0 Å². The molecule has 3 aromatic heterocycles. The van der Waals surface area contributed by atoms with Crippen molar-refractivity contribution in [3.05, 3.63) is 146 Å². The van der Waals surface area contributed by atoms with E-state index in [0.717, 1.165) is 22.2 Å². The Kier molecular flexibility index (Phi) is 5.41. The van der Waals surface area contributed by atoms with E-state index in [2.05, 4.69) is 114 Å².